The number of benzene rings is 2. The minimum absolute atomic E-state index is 0.0186. The highest BCUT2D eigenvalue weighted by molar-refractivity contribution is 7.17. The normalized spacial score (nSPS) is 11.9. The van der Waals surface area contributed by atoms with Gasteiger partial charge < -0.3 is 10.1 Å². The maximum Gasteiger partial charge on any atom is 0.267 e. The summed E-state index contributed by atoms with van der Waals surface area (Å²) >= 11 is 1.38. The summed E-state index contributed by atoms with van der Waals surface area (Å²) in [5.74, 6) is -0.156. The predicted octanol–water partition coefficient (Wildman–Crippen LogP) is 4.77. The first-order valence-electron chi connectivity index (χ1n) is 7.62. The third-order valence-corrected chi connectivity index (χ3v) is 4.76. The van der Waals surface area contributed by atoms with Crippen LogP contribution in [0.25, 0.3) is 10.6 Å². The average Bonchev–Trinajstić information content (AvgIpc) is 3.12. The van der Waals surface area contributed by atoms with Crippen LogP contribution < -0.4 is 5.32 Å². The van der Waals surface area contributed by atoms with Crippen LogP contribution in [0.2, 0.25) is 0 Å². The number of ether oxygens (including phenoxy) is 1. The molecule has 0 fully saturated rings. The van der Waals surface area contributed by atoms with Crippen LogP contribution in [0.3, 0.4) is 0 Å². The fourth-order valence-corrected chi connectivity index (χ4v) is 3.11. The van der Waals surface area contributed by atoms with Crippen molar-refractivity contribution in [2.75, 3.05) is 12.4 Å². The lowest BCUT2D eigenvalue weighted by atomic mass is 10.1. The summed E-state index contributed by atoms with van der Waals surface area (Å²) in [4.78, 5) is 17.4. The van der Waals surface area contributed by atoms with E-state index in [0.29, 0.717) is 4.88 Å². The van der Waals surface area contributed by atoms with Crippen molar-refractivity contribution in [2.45, 2.75) is 13.0 Å². The number of amides is 1. The molecule has 1 amide bonds. The van der Waals surface area contributed by atoms with E-state index in [-0.39, 0.29) is 12.0 Å². The van der Waals surface area contributed by atoms with Crippen molar-refractivity contribution in [2.24, 2.45) is 0 Å². The van der Waals surface area contributed by atoms with Crippen molar-refractivity contribution in [3.8, 4) is 10.6 Å². The fourth-order valence-electron chi connectivity index (χ4n) is 2.29. The minimum Gasteiger partial charge on any atom is -0.377 e. The number of anilines is 1. The SMILES string of the molecule is CO[C@@H](C)c1cccc(NC(=O)c2cnc(-c3ccccc3)s2)c1. The smallest absolute Gasteiger partial charge is 0.267 e. The molecular weight excluding hydrogens is 320 g/mol. The molecule has 3 rings (SSSR count). The van der Waals surface area contributed by atoms with Crippen LogP contribution >= 0.6 is 11.3 Å². The highest BCUT2D eigenvalue weighted by atomic mass is 32.1. The highest BCUT2D eigenvalue weighted by Gasteiger charge is 2.13. The van der Waals surface area contributed by atoms with Gasteiger partial charge in [0.25, 0.3) is 5.91 Å². The van der Waals surface area contributed by atoms with E-state index in [1.165, 1.54) is 11.3 Å². The van der Waals surface area contributed by atoms with Crippen LogP contribution in [0, 0.1) is 0 Å². The van der Waals surface area contributed by atoms with Crippen LogP contribution in [-0.2, 0) is 4.74 Å². The molecule has 0 radical (unpaired) electrons. The van der Waals surface area contributed by atoms with Crippen molar-refractivity contribution in [3.05, 3.63) is 71.2 Å². The molecule has 0 aliphatic rings. The largest absolute Gasteiger partial charge is 0.377 e. The lowest BCUT2D eigenvalue weighted by Crippen LogP contribution is -2.10. The number of nitrogens with zero attached hydrogens (tertiary/aromatic N) is 1. The van der Waals surface area contributed by atoms with Gasteiger partial charge in [-0.05, 0) is 24.6 Å². The van der Waals surface area contributed by atoms with Gasteiger partial charge in [0.05, 0.1) is 12.3 Å². The Labute approximate surface area is 145 Å². The number of carbonyl (C=O) groups is 1. The molecule has 122 valence electrons. The van der Waals surface area contributed by atoms with Crippen molar-refractivity contribution in [1.29, 1.82) is 0 Å². The van der Waals surface area contributed by atoms with Crippen LogP contribution in [0.5, 0.6) is 0 Å². The molecule has 0 spiro atoms. The number of rotatable bonds is 5. The summed E-state index contributed by atoms with van der Waals surface area (Å²) in [6, 6.07) is 17.5. The van der Waals surface area contributed by atoms with Gasteiger partial charge in [-0.3, -0.25) is 4.79 Å². The molecule has 1 atom stereocenters. The maximum absolute atomic E-state index is 12.4. The quantitative estimate of drug-likeness (QED) is 0.729. The third kappa shape index (κ3) is 3.69. The number of hydrogen-bond donors (Lipinski definition) is 1. The number of carbonyl (C=O) groups excluding carboxylic acids is 1. The zero-order chi connectivity index (χ0) is 16.9. The Morgan fingerprint density at radius 1 is 1.17 bits per heavy atom. The fraction of sp³-hybridized carbons (Fsp3) is 0.158. The molecule has 0 aliphatic heterocycles. The van der Waals surface area contributed by atoms with Crippen molar-refractivity contribution in [1.82, 2.24) is 4.98 Å². The summed E-state index contributed by atoms with van der Waals surface area (Å²) in [6.07, 6.45) is 1.60. The molecule has 4 nitrogen and oxygen atoms in total. The third-order valence-electron chi connectivity index (χ3n) is 3.72. The van der Waals surface area contributed by atoms with Crippen molar-refractivity contribution in [3.63, 3.8) is 0 Å². The monoisotopic (exact) mass is 338 g/mol. The number of methoxy groups -OCH3 is 1. The van der Waals surface area contributed by atoms with Gasteiger partial charge in [-0.25, -0.2) is 4.98 Å². The Balaban J connectivity index is 1.75. The van der Waals surface area contributed by atoms with Crippen LogP contribution in [-0.4, -0.2) is 18.0 Å². The van der Waals surface area contributed by atoms with E-state index >= 15 is 0 Å². The van der Waals surface area contributed by atoms with E-state index in [0.717, 1.165) is 21.8 Å². The molecule has 0 unspecified atom stereocenters. The Bertz CT molecular complexity index is 830. The van der Waals surface area contributed by atoms with E-state index in [9.17, 15) is 4.79 Å². The summed E-state index contributed by atoms with van der Waals surface area (Å²) in [7, 11) is 1.67. The summed E-state index contributed by atoms with van der Waals surface area (Å²) in [5, 5.41) is 3.75. The van der Waals surface area contributed by atoms with E-state index in [1.807, 2.05) is 61.5 Å². The van der Waals surface area contributed by atoms with Gasteiger partial charge in [0.15, 0.2) is 0 Å². The number of aromatic nitrogens is 1. The van der Waals surface area contributed by atoms with E-state index < -0.39 is 0 Å². The van der Waals surface area contributed by atoms with Gasteiger partial charge in [-0.1, -0.05) is 42.5 Å². The molecule has 24 heavy (non-hydrogen) atoms. The van der Waals surface area contributed by atoms with Gasteiger partial charge in [-0.15, -0.1) is 11.3 Å². The lowest BCUT2D eigenvalue weighted by Gasteiger charge is -2.11. The van der Waals surface area contributed by atoms with Crippen molar-refractivity contribution < 1.29 is 9.53 Å². The minimum atomic E-state index is -0.156. The second-order valence-corrected chi connectivity index (χ2v) is 6.38. The van der Waals surface area contributed by atoms with Crippen LogP contribution in [0.15, 0.2) is 60.8 Å². The number of nitrogens with one attached hydrogen (secondary N) is 1. The Morgan fingerprint density at radius 3 is 2.71 bits per heavy atom. The molecule has 0 bridgehead atoms. The van der Waals surface area contributed by atoms with E-state index in [2.05, 4.69) is 10.3 Å². The van der Waals surface area contributed by atoms with Gasteiger partial charge in [0.1, 0.15) is 9.88 Å². The first-order valence-corrected chi connectivity index (χ1v) is 8.44. The standard InChI is InChI=1S/C19H18N2O2S/c1-13(23-2)15-9-6-10-16(11-15)21-18(22)17-12-20-19(24-17)14-7-4-3-5-8-14/h3-13H,1-2H3,(H,21,22)/t13-/m0/s1. The topological polar surface area (TPSA) is 51.2 Å². The molecule has 1 aromatic heterocycles. The van der Waals surface area contributed by atoms with Gasteiger partial charge in [-0.2, -0.15) is 0 Å². The van der Waals surface area contributed by atoms with E-state index in [4.69, 9.17) is 4.74 Å². The molecule has 0 aliphatic carbocycles. The van der Waals surface area contributed by atoms with Crippen LogP contribution in [0.4, 0.5) is 5.69 Å². The highest BCUT2D eigenvalue weighted by Crippen LogP contribution is 2.26. The first kappa shape index (κ1) is 16.4. The zero-order valence-electron chi connectivity index (χ0n) is 13.5. The molecule has 1 N–H and O–H groups in total. The van der Waals surface area contributed by atoms with Crippen molar-refractivity contribution >= 4 is 22.9 Å². The molecule has 1 heterocycles. The Morgan fingerprint density at radius 2 is 1.96 bits per heavy atom. The Kier molecular flexibility index (Phi) is 5.03. The molecule has 0 saturated heterocycles. The number of thiazole rings is 1. The van der Waals surface area contributed by atoms with Crippen LogP contribution in [0.1, 0.15) is 28.3 Å². The first-order chi connectivity index (χ1) is 11.7. The molecule has 5 heteroatoms. The van der Waals surface area contributed by atoms with Gasteiger partial charge >= 0.3 is 0 Å². The molecule has 3 aromatic rings. The summed E-state index contributed by atoms with van der Waals surface area (Å²) in [6.45, 7) is 1.97. The molecule has 0 saturated carbocycles. The molecule has 2 aromatic carbocycles. The van der Waals surface area contributed by atoms with Gasteiger partial charge in [0.2, 0.25) is 0 Å². The zero-order valence-corrected chi connectivity index (χ0v) is 14.3. The lowest BCUT2D eigenvalue weighted by molar-refractivity contribution is 0.103. The molecular formula is C19H18N2O2S. The maximum atomic E-state index is 12.4. The summed E-state index contributed by atoms with van der Waals surface area (Å²) < 4.78 is 5.31. The summed E-state index contributed by atoms with van der Waals surface area (Å²) in [5.41, 5.74) is 2.78. The Hall–Kier alpha value is -2.50. The predicted molar refractivity (Wildman–Crippen MR) is 97.4 cm³/mol. The second-order valence-electron chi connectivity index (χ2n) is 5.35. The average molecular weight is 338 g/mol. The number of hydrogen-bond acceptors (Lipinski definition) is 4. The van der Waals surface area contributed by atoms with Gasteiger partial charge in [0, 0.05) is 18.4 Å². The second kappa shape index (κ2) is 7.38. The van der Waals surface area contributed by atoms with E-state index in [1.54, 1.807) is 13.3 Å².